The number of aromatic nitrogens is 3. The molecule has 0 saturated heterocycles. The van der Waals surface area contributed by atoms with Crippen molar-refractivity contribution >= 4 is 34.7 Å². The first-order valence-corrected chi connectivity index (χ1v) is 12.2. The van der Waals surface area contributed by atoms with Gasteiger partial charge in [-0.25, -0.2) is 4.68 Å². The molecule has 4 rings (SSSR count). The largest absolute Gasteiger partial charge is 0.326 e. The molecule has 8 heteroatoms. The highest BCUT2D eigenvalue weighted by atomic mass is 35.5. The average Bonchev–Trinajstić information content (AvgIpc) is 3.24. The number of pyridine rings is 1. The van der Waals surface area contributed by atoms with E-state index < -0.39 is 11.8 Å². The Morgan fingerprint density at radius 2 is 1.80 bits per heavy atom. The highest BCUT2D eigenvalue weighted by Gasteiger charge is 2.47. The molecule has 0 bridgehead atoms. The summed E-state index contributed by atoms with van der Waals surface area (Å²) in [6.45, 7) is 10.1. The van der Waals surface area contributed by atoms with E-state index in [0.29, 0.717) is 22.8 Å². The van der Waals surface area contributed by atoms with E-state index in [0.717, 1.165) is 17.5 Å². The van der Waals surface area contributed by atoms with Crippen LogP contribution in [0.25, 0.3) is 17.0 Å². The number of halogens is 1. The molecular formula is C27H30ClN4O3+. The van der Waals surface area contributed by atoms with Gasteiger partial charge in [-0.3, -0.25) is 24.4 Å². The van der Waals surface area contributed by atoms with Gasteiger partial charge >= 0.3 is 5.91 Å². The van der Waals surface area contributed by atoms with Gasteiger partial charge < -0.3 is 0 Å². The fourth-order valence-corrected chi connectivity index (χ4v) is 4.53. The van der Waals surface area contributed by atoms with E-state index in [4.69, 9.17) is 11.6 Å². The van der Waals surface area contributed by atoms with Crippen LogP contribution in [0.5, 0.6) is 0 Å². The zero-order valence-electron chi connectivity index (χ0n) is 20.7. The molecule has 0 atom stereocenters. The summed E-state index contributed by atoms with van der Waals surface area (Å²) in [5.74, 6) is -0.766. The molecule has 0 fully saturated rings. The monoisotopic (exact) mass is 493 g/mol. The second-order valence-electron chi connectivity index (χ2n) is 9.39. The first-order valence-electron chi connectivity index (χ1n) is 11.8. The van der Waals surface area contributed by atoms with Crippen LogP contribution in [0.3, 0.4) is 0 Å². The Morgan fingerprint density at radius 1 is 1.06 bits per heavy atom. The predicted octanol–water partition coefficient (Wildman–Crippen LogP) is 4.07. The molecule has 35 heavy (non-hydrogen) atoms. The smallest absolute Gasteiger partial charge is 0.294 e. The minimum Gasteiger partial charge on any atom is -0.294 e. The van der Waals surface area contributed by atoms with Gasteiger partial charge in [0.1, 0.15) is 5.57 Å². The summed E-state index contributed by atoms with van der Waals surface area (Å²) in [6, 6.07) is 8.83. The van der Waals surface area contributed by atoms with Crippen LogP contribution >= 0.6 is 11.6 Å². The second-order valence-corrected chi connectivity index (χ2v) is 9.83. The summed E-state index contributed by atoms with van der Waals surface area (Å²) < 4.78 is 3.06. The average molecular weight is 494 g/mol. The van der Waals surface area contributed by atoms with Gasteiger partial charge in [-0.15, -0.1) is 0 Å². The highest BCUT2D eigenvalue weighted by molar-refractivity contribution is 6.44. The van der Waals surface area contributed by atoms with Crippen LogP contribution < -0.4 is 10.1 Å². The van der Waals surface area contributed by atoms with Gasteiger partial charge in [-0.05, 0) is 49.9 Å². The number of hydrogen-bond donors (Lipinski definition) is 1. The van der Waals surface area contributed by atoms with Crippen molar-refractivity contribution in [3.05, 3.63) is 80.5 Å². The SMILES string of the molecule is CCCc1[nH]n(-c2cccc(Cl)c2)c(=O)c1C1=C([n+]2ccc(C)c(C)c2)C(=O)N(CC(C)C)C1=O. The maximum Gasteiger partial charge on any atom is 0.326 e. The summed E-state index contributed by atoms with van der Waals surface area (Å²) in [5, 5.41) is 3.66. The van der Waals surface area contributed by atoms with E-state index in [-0.39, 0.29) is 34.9 Å². The Labute approximate surface area is 209 Å². The summed E-state index contributed by atoms with van der Waals surface area (Å²) in [4.78, 5) is 42.4. The maximum atomic E-state index is 13.8. The maximum absolute atomic E-state index is 13.8. The van der Waals surface area contributed by atoms with Crippen molar-refractivity contribution in [1.29, 1.82) is 0 Å². The number of benzene rings is 1. The van der Waals surface area contributed by atoms with Crippen molar-refractivity contribution in [2.75, 3.05) is 6.54 Å². The molecule has 0 saturated carbocycles. The Morgan fingerprint density at radius 3 is 2.43 bits per heavy atom. The van der Waals surface area contributed by atoms with Crippen LogP contribution in [-0.2, 0) is 16.0 Å². The molecule has 1 N–H and O–H groups in total. The molecule has 1 aromatic carbocycles. The highest BCUT2D eigenvalue weighted by Crippen LogP contribution is 2.31. The molecule has 7 nitrogen and oxygen atoms in total. The number of nitrogens with one attached hydrogen (secondary N) is 1. The Hall–Kier alpha value is -3.45. The molecule has 0 radical (unpaired) electrons. The number of imide groups is 1. The number of aromatic amines is 1. The molecule has 0 aliphatic carbocycles. The molecule has 3 aromatic rings. The van der Waals surface area contributed by atoms with Crippen molar-refractivity contribution in [1.82, 2.24) is 14.7 Å². The number of aryl methyl sites for hydroxylation is 3. The zero-order chi connectivity index (χ0) is 25.4. The lowest BCUT2D eigenvalue weighted by molar-refractivity contribution is -0.577. The van der Waals surface area contributed by atoms with E-state index in [1.165, 1.54) is 9.58 Å². The van der Waals surface area contributed by atoms with Gasteiger partial charge in [0.15, 0.2) is 12.4 Å². The molecular weight excluding hydrogens is 464 g/mol. The Bertz CT molecular complexity index is 1410. The number of carbonyl (C=O) groups excluding carboxylic acids is 2. The van der Waals surface area contributed by atoms with Crippen LogP contribution in [0, 0.1) is 19.8 Å². The van der Waals surface area contributed by atoms with Gasteiger partial charge in [0.2, 0.25) is 0 Å². The standard InChI is InChI=1S/C27H29ClN4O3/c1-6-8-21-22(26(34)32(29-21)20-10-7-9-19(28)13-20)23-24(30-12-11-17(4)18(5)15-30)27(35)31(25(23)33)14-16(2)3/h7,9-13,15-16H,6,8,14H2,1-5H3/p+1. The van der Waals surface area contributed by atoms with Crippen molar-refractivity contribution in [2.24, 2.45) is 5.92 Å². The normalized spacial score (nSPS) is 14.1. The van der Waals surface area contributed by atoms with Crippen molar-refractivity contribution in [2.45, 2.75) is 47.5 Å². The summed E-state index contributed by atoms with van der Waals surface area (Å²) >= 11 is 6.18. The third-order valence-electron chi connectivity index (χ3n) is 6.17. The third kappa shape index (κ3) is 4.48. The van der Waals surface area contributed by atoms with Gasteiger partial charge in [0.05, 0.1) is 11.3 Å². The molecule has 1 aliphatic heterocycles. The first kappa shape index (κ1) is 24.7. The van der Waals surface area contributed by atoms with Gasteiger partial charge in [-0.2, -0.15) is 4.57 Å². The topological polar surface area (TPSA) is 79.1 Å². The first-order chi connectivity index (χ1) is 16.6. The lowest BCUT2D eigenvalue weighted by Gasteiger charge is -2.16. The van der Waals surface area contributed by atoms with Crippen molar-refractivity contribution < 1.29 is 14.2 Å². The van der Waals surface area contributed by atoms with Crippen LogP contribution in [0.2, 0.25) is 5.02 Å². The molecule has 0 spiro atoms. The quantitative estimate of drug-likeness (QED) is 0.398. The van der Waals surface area contributed by atoms with E-state index >= 15 is 0 Å². The molecule has 0 unspecified atom stereocenters. The van der Waals surface area contributed by atoms with Gasteiger partial charge in [0.25, 0.3) is 17.2 Å². The number of amides is 2. The second kappa shape index (κ2) is 9.66. The molecule has 3 heterocycles. The van der Waals surface area contributed by atoms with Crippen LogP contribution in [0.15, 0.2) is 47.5 Å². The summed E-state index contributed by atoms with van der Waals surface area (Å²) in [6.07, 6.45) is 4.89. The van der Waals surface area contributed by atoms with E-state index in [9.17, 15) is 14.4 Å². The van der Waals surface area contributed by atoms with Crippen molar-refractivity contribution in [3.63, 3.8) is 0 Å². The number of nitrogens with zero attached hydrogens (tertiary/aromatic N) is 3. The van der Waals surface area contributed by atoms with Gasteiger partial charge in [-0.1, -0.05) is 44.9 Å². The van der Waals surface area contributed by atoms with E-state index in [1.807, 2.05) is 46.9 Å². The number of H-pyrrole nitrogens is 1. The molecule has 1 aliphatic rings. The fourth-order valence-electron chi connectivity index (χ4n) is 4.34. The lowest BCUT2D eigenvalue weighted by atomic mass is 10.0. The third-order valence-corrected chi connectivity index (χ3v) is 6.41. The van der Waals surface area contributed by atoms with E-state index in [2.05, 4.69) is 5.10 Å². The molecule has 182 valence electrons. The Kier molecular flexibility index (Phi) is 6.81. The van der Waals surface area contributed by atoms with Crippen LogP contribution in [0.1, 0.15) is 49.6 Å². The predicted molar refractivity (Wildman–Crippen MR) is 136 cm³/mol. The zero-order valence-corrected chi connectivity index (χ0v) is 21.4. The minimum atomic E-state index is -0.448. The van der Waals surface area contributed by atoms with Crippen LogP contribution in [-0.4, -0.2) is 33.0 Å². The summed E-state index contributed by atoms with van der Waals surface area (Å²) in [5.41, 5.74) is 3.39. The molecule has 2 aromatic heterocycles. The fraction of sp³-hybridized carbons (Fsp3) is 0.333. The number of rotatable bonds is 7. The lowest BCUT2D eigenvalue weighted by Crippen LogP contribution is -2.41. The molecule has 2 amide bonds. The Balaban J connectivity index is 2.02. The number of carbonyl (C=O) groups is 2. The summed E-state index contributed by atoms with van der Waals surface area (Å²) in [7, 11) is 0. The van der Waals surface area contributed by atoms with Crippen LogP contribution in [0.4, 0.5) is 0 Å². The number of hydrogen-bond acceptors (Lipinski definition) is 3. The van der Waals surface area contributed by atoms with E-state index in [1.54, 1.807) is 35.0 Å². The minimum absolute atomic E-state index is 0.0812. The van der Waals surface area contributed by atoms with Gasteiger partial charge in [0, 0.05) is 28.9 Å². The van der Waals surface area contributed by atoms with Crippen molar-refractivity contribution in [3.8, 4) is 5.69 Å².